The molecule has 0 aliphatic carbocycles. The van der Waals surface area contributed by atoms with Crippen LogP contribution in [0, 0.1) is 0 Å². The summed E-state index contributed by atoms with van der Waals surface area (Å²) in [6, 6.07) is 3.69. The number of carbonyl (C=O) groups excluding carboxylic acids is 2. The number of hydrogen-bond acceptors (Lipinski definition) is 5. The van der Waals surface area contributed by atoms with Gasteiger partial charge in [-0.05, 0) is 18.2 Å². The lowest BCUT2D eigenvalue weighted by molar-refractivity contribution is -0.121. The molecule has 2 amide bonds. The molecule has 8 nitrogen and oxygen atoms in total. The second-order valence-corrected chi connectivity index (χ2v) is 6.20. The van der Waals surface area contributed by atoms with Gasteiger partial charge in [0.1, 0.15) is 5.71 Å². The summed E-state index contributed by atoms with van der Waals surface area (Å²) in [7, 11) is -3.91. The van der Waals surface area contributed by atoms with Crippen LogP contribution in [0.5, 0.6) is 0 Å². The molecule has 0 aromatic heterocycles. The molecular weight excluding hydrogens is 320 g/mol. The van der Waals surface area contributed by atoms with Crippen molar-refractivity contribution in [1.82, 2.24) is 5.43 Å². The van der Waals surface area contributed by atoms with Crippen molar-refractivity contribution in [1.29, 1.82) is 0 Å². The molecule has 112 valence electrons. The summed E-state index contributed by atoms with van der Waals surface area (Å²) in [5, 5.41) is 11.2. The number of amides is 2. The lowest BCUT2D eigenvalue weighted by Gasteiger charge is -2.13. The topological polar surface area (TPSA) is 131 Å². The molecule has 10 heteroatoms. The smallest absolute Gasteiger partial charge is 0.271 e. The van der Waals surface area contributed by atoms with Crippen molar-refractivity contribution < 1.29 is 18.0 Å². The Labute approximate surface area is 125 Å². The number of benzene rings is 1. The van der Waals surface area contributed by atoms with Gasteiger partial charge >= 0.3 is 0 Å². The molecule has 2 rings (SSSR count). The van der Waals surface area contributed by atoms with Crippen molar-refractivity contribution in [3.63, 3.8) is 0 Å². The van der Waals surface area contributed by atoms with Crippen molar-refractivity contribution in [2.45, 2.75) is 17.7 Å². The van der Waals surface area contributed by atoms with Gasteiger partial charge in [-0.15, -0.1) is 0 Å². The lowest BCUT2D eigenvalue weighted by Crippen LogP contribution is -2.32. The molecule has 1 aromatic rings. The van der Waals surface area contributed by atoms with Crippen LogP contribution >= 0.6 is 11.6 Å². The fraction of sp³-hybridized carbons (Fsp3) is 0.182. The zero-order valence-electron chi connectivity index (χ0n) is 10.6. The minimum Gasteiger partial charge on any atom is -0.319 e. The van der Waals surface area contributed by atoms with Gasteiger partial charge in [0, 0.05) is 12.8 Å². The second kappa shape index (κ2) is 5.80. The van der Waals surface area contributed by atoms with Crippen molar-refractivity contribution in [3.05, 3.63) is 23.2 Å². The SMILES string of the molecule is NS(=O)(=O)c1ccc(Cl)c(NC(=O)C2=NNC(=O)CC2)c1. The maximum Gasteiger partial charge on any atom is 0.271 e. The molecule has 0 atom stereocenters. The number of primary sulfonamides is 1. The first kappa shape index (κ1) is 15.4. The van der Waals surface area contributed by atoms with Gasteiger partial charge in [0.05, 0.1) is 15.6 Å². The Hall–Kier alpha value is -1.97. The minimum absolute atomic E-state index is 0.0905. The first-order chi connectivity index (χ1) is 9.77. The van der Waals surface area contributed by atoms with Gasteiger partial charge in [0.15, 0.2) is 0 Å². The number of halogens is 1. The van der Waals surface area contributed by atoms with Crippen LogP contribution in [-0.4, -0.2) is 25.9 Å². The van der Waals surface area contributed by atoms with Crippen LogP contribution in [0.2, 0.25) is 5.02 Å². The third-order valence-corrected chi connectivity index (χ3v) is 3.92. The lowest BCUT2D eigenvalue weighted by atomic mass is 10.1. The van der Waals surface area contributed by atoms with Crippen LogP contribution in [-0.2, 0) is 19.6 Å². The number of anilines is 1. The van der Waals surface area contributed by atoms with Crippen LogP contribution in [0.25, 0.3) is 0 Å². The molecule has 0 fully saturated rings. The Bertz CT molecular complexity index is 745. The predicted octanol–water partition coefficient (Wildman–Crippen LogP) is 0.192. The summed E-state index contributed by atoms with van der Waals surface area (Å²) in [6.07, 6.45) is 0.335. The molecule has 4 N–H and O–H groups in total. The molecule has 1 aliphatic heterocycles. The maximum absolute atomic E-state index is 12.0. The molecule has 1 heterocycles. The van der Waals surface area contributed by atoms with Crippen LogP contribution in [0.1, 0.15) is 12.8 Å². The van der Waals surface area contributed by atoms with Gasteiger partial charge in [-0.25, -0.2) is 19.0 Å². The van der Waals surface area contributed by atoms with E-state index >= 15 is 0 Å². The Morgan fingerprint density at radius 3 is 2.67 bits per heavy atom. The first-order valence-corrected chi connectivity index (χ1v) is 7.69. The number of nitrogens with two attached hydrogens (primary N) is 1. The largest absolute Gasteiger partial charge is 0.319 e. The number of carbonyl (C=O) groups is 2. The number of sulfonamides is 1. The third-order valence-electron chi connectivity index (χ3n) is 2.68. The second-order valence-electron chi connectivity index (χ2n) is 4.23. The zero-order valence-corrected chi connectivity index (χ0v) is 12.2. The molecule has 0 bridgehead atoms. The maximum atomic E-state index is 12.0. The number of nitrogens with zero attached hydrogens (tertiary/aromatic N) is 1. The van der Waals surface area contributed by atoms with Crippen LogP contribution in [0.15, 0.2) is 28.2 Å². The van der Waals surface area contributed by atoms with Gasteiger partial charge in [0.2, 0.25) is 15.9 Å². The summed E-state index contributed by atoms with van der Waals surface area (Å²) in [6.45, 7) is 0. The molecule has 1 aliphatic rings. The highest BCUT2D eigenvalue weighted by molar-refractivity contribution is 7.89. The van der Waals surface area contributed by atoms with E-state index in [1.807, 2.05) is 0 Å². The Morgan fingerprint density at radius 2 is 2.10 bits per heavy atom. The van der Waals surface area contributed by atoms with E-state index in [1.165, 1.54) is 12.1 Å². The van der Waals surface area contributed by atoms with E-state index < -0.39 is 15.9 Å². The molecule has 0 radical (unpaired) electrons. The highest BCUT2D eigenvalue weighted by Crippen LogP contribution is 2.25. The quantitative estimate of drug-likeness (QED) is 0.730. The summed E-state index contributed by atoms with van der Waals surface area (Å²) in [5.74, 6) is -0.857. The van der Waals surface area contributed by atoms with Gasteiger partial charge in [0.25, 0.3) is 5.91 Å². The van der Waals surface area contributed by atoms with E-state index in [2.05, 4.69) is 15.8 Å². The van der Waals surface area contributed by atoms with Crippen LogP contribution in [0.4, 0.5) is 5.69 Å². The summed E-state index contributed by atoms with van der Waals surface area (Å²) in [5.41, 5.74) is 2.40. The number of nitrogens with one attached hydrogen (secondary N) is 2. The van der Waals surface area contributed by atoms with Crippen LogP contribution in [0.3, 0.4) is 0 Å². The van der Waals surface area contributed by atoms with E-state index in [-0.39, 0.29) is 40.1 Å². The Balaban J connectivity index is 2.23. The molecular formula is C11H11ClN4O4S. The average Bonchev–Trinajstić information content (AvgIpc) is 2.40. The Kier molecular flexibility index (Phi) is 4.26. The van der Waals surface area contributed by atoms with Crippen molar-refractivity contribution in [2.24, 2.45) is 10.2 Å². The highest BCUT2D eigenvalue weighted by Gasteiger charge is 2.20. The minimum atomic E-state index is -3.91. The van der Waals surface area contributed by atoms with Crippen molar-refractivity contribution in [3.8, 4) is 0 Å². The average molecular weight is 331 g/mol. The van der Waals surface area contributed by atoms with E-state index in [4.69, 9.17) is 16.7 Å². The standard InChI is InChI=1S/C11H11ClN4O4S/c12-7-2-1-6(21(13,19)20)5-9(7)14-11(18)8-3-4-10(17)16-15-8/h1-2,5H,3-4H2,(H,14,18)(H,16,17)(H2,13,19,20). The normalized spacial score (nSPS) is 15.1. The van der Waals surface area contributed by atoms with E-state index in [9.17, 15) is 18.0 Å². The van der Waals surface area contributed by atoms with E-state index in [0.717, 1.165) is 6.07 Å². The molecule has 1 aromatic carbocycles. The van der Waals surface area contributed by atoms with Gasteiger partial charge in [-0.3, -0.25) is 9.59 Å². The summed E-state index contributed by atoms with van der Waals surface area (Å²) >= 11 is 5.89. The van der Waals surface area contributed by atoms with Crippen molar-refractivity contribution >= 4 is 44.8 Å². The fourth-order valence-electron chi connectivity index (χ4n) is 1.61. The molecule has 21 heavy (non-hydrogen) atoms. The fourth-order valence-corrected chi connectivity index (χ4v) is 2.31. The number of hydrazone groups is 1. The van der Waals surface area contributed by atoms with Crippen LogP contribution < -0.4 is 15.9 Å². The first-order valence-electron chi connectivity index (χ1n) is 5.76. The number of rotatable bonds is 3. The summed E-state index contributed by atoms with van der Waals surface area (Å²) < 4.78 is 22.5. The monoisotopic (exact) mass is 330 g/mol. The van der Waals surface area contributed by atoms with Gasteiger partial charge in [-0.1, -0.05) is 11.6 Å². The molecule has 0 unspecified atom stereocenters. The zero-order chi connectivity index (χ0) is 15.6. The Morgan fingerprint density at radius 1 is 1.38 bits per heavy atom. The van der Waals surface area contributed by atoms with E-state index in [1.54, 1.807) is 0 Å². The van der Waals surface area contributed by atoms with Crippen molar-refractivity contribution in [2.75, 3.05) is 5.32 Å². The highest BCUT2D eigenvalue weighted by atomic mass is 35.5. The summed E-state index contributed by atoms with van der Waals surface area (Å²) in [4.78, 5) is 22.7. The molecule has 0 saturated carbocycles. The number of hydrogen-bond donors (Lipinski definition) is 3. The van der Waals surface area contributed by atoms with Gasteiger partial charge in [-0.2, -0.15) is 5.10 Å². The molecule has 0 saturated heterocycles. The van der Waals surface area contributed by atoms with Gasteiger partial charge < -0.3 is 5.32 Å². The van der Waals surface area contributed by atoms with E-state index in [0.29, 0.717) is 0 Å². The predicted molar refractivity (Wildman–Crippen MR) is 76.3 cm³/mol. The third kappa shape index (κ3) is 3.78. The molecule has 0 spiro atoms.